The number of benzene rings is 5. The van der Waals surface area contributed by atoms with E-state index in [1.54, 1.807) is 0 Å². The van der Waals surface area contributed by atoms with E-state index in [4.69, 9.17) is 10.3 Å². The number of hydrogen-bond donors (Lipinski definition) is 0. The molecule has 0 N–H and O–H groups in total. The molecule has 1 heterocycles. The standard InChI is InChI=1S/C43H41N3P2/c1-30-24-31(2)27-38(26-30)48(39-28-32(3)25-33(4)29-39)43-42(35-16-9-6-10-17-35)44-45-46(43)41-23-15-22-40(41)34(5)47(36-18-11-7-12-19-36)37-20-13-8-14-21-37/h6-29,34,41H,1-5H3/t34-,41?/m1/s1. The van der Waals surface area contributed by atoms with Crippen LogP contribution in [0.25, 0.3) is 11.3 Å². The highest BCUT2D eigenvalue weighted by molar-refractivity contribution is 7.79. The summed E-state index contributed by atoms with van der Waals surface area (Å²) in [5.41, 5.74) is 9.97. The Hall–Kier alpha value is -4.42. The van der Waals surface area contributed by atoms with Gasteiger partial charge in [-0.3, -0.25) is 0 Å². The van der Waals surface area contributed by atoms with E-state index >= 15 is 0 Å². The zero-order valence-electron chi connectivity index (χ0n) is 28.2. The van der Waals surface area contributed by atoms with Crippen LogP contribution in [-0.2, 0) is 0 Å². The molecule has 0 spiro atoms. The summed E-state index contributed by atoms with van der Waals surface area (Å²) in [7, 11) is -1.69. The van der Waals surface area contributed by atoms with Crippen molar-refractivity contribution >= 4 is 42.5 Å². The second-order valence-electron chi connectivity index (χ2n) is 12.8. The molecule has 0 radical (unpaired) electrons. The van der Waals surface area contributed by atoms with Gasteiger partial charge in [-0.2, -0.15) is 0 Å². The van der Waals surface area contributed by atoms with Gasteiger partial charge in [0.1, 0.15) is 5.69 Å². The van der Waals surface area contributed by atoms with Crippen LogP contribution in [-0.4, -0.2) is 20.7 Å². The predicted octanol–water partition coefficient (Wildman–Crippen LogP) is 8.50. The van der Waals surface area contributed by atoms with Gasteiger partial charge in [0.15, 0.2) is 0 Å². The van der Waals surface area contributed by atoms with E-state index in [-0.39, 0.29) is 11.7 Å². The van der Waals surface area contributed by atoms with Gasteiger partial charge in [-0.05, 0) is 62.4 Å². The van der Waals surface area contributed by atoms with E-state index in [1.807, 2.05) is 0 Å². The van der Waals surface area contributed by atoms with Crippen molar-refractivity contribution in [3.05, 3.63) is 173 Å². The van der Waals surface area contributed by atoms with Crippen LogP contribution in [0.3, 0.4) is 0 Å². The van der Waals surface area contributed by atoms with Crippen LogP contribution in [0.4, 0.5) is 0 Å². The maximum atomic E-state index is 5.07. The molecule has 0 amide bonds. The van der Waals surface area contributed by atoms with Gasteiger partial charge >= 0.3 is 0 Å². The summed E-state index contributed by atoms with van der Waals surface area (Å²) in [6.45, 7) is 11.2. The number of nitrogens with zero attached hydrogens (tertiary/aromatic N) is 3. The van der Waals surface area contributed by atoms with Crippen molar-refractivity contribution in [2.75, 3.05) is 0 Å². The molecular formula is C43H41N3P2. The maximum Gasteiger partial charge on any atom is 0.121 e. The average Bonchev–Trinajstić information content (AvgIpc) is 3.73. The Kier molecular flexibility index (Phi) is 9.36. The lowest BCUT2D eigenvalue weighted by Gasteiger charge is -2.31. The van der Waals surface area contributed by atoms with Gasteiger partial charge in [0, 0.05) is 19.1 Å². The van der Waals surface area contributed by atoms with Crippen molar-refractivity contribution in [2.24, 2.45) is 0 Å². The highest BCUT2D eigenvalue weighted by Gasteiger charge is 2.35. The lowest BCUT2D eigenvalue weighted by atomic mass is 10.1. The van der Waals surface area contributed by atoms with Crippen LogP contribution >= 0.6 is 15.8 Å². The number of hydrogen-bond acceptors (Lipinski definition) is 2. The molecule has 1 aliphatic carbocycles. The quantitative estimate of drug-likeness (QED) is 0.146. The molecule has 3 nitrogen and oxygen atoms in total. The highest BCUT2D eigenvalue weighted by atomic mass is 31.1. The van der Waals surface area contributed by atoms with E-state index < -0.39 is 15.8 Å². The molecule has 0 aliphatic heterocycles. The van der Waals surface area contributed by atoms with Crippen LogP contribution < -0.4 is 26.7 Å². The Morgan fingerprint density at radius 3 is 1.58 bits per heavy atom. The zero-order valence-corrected chi connectivity index (χ0v) is 30.0. The van der Waals surface area contributed by atoms with Crippen LogP contribution in [0.15, 0.2) is 151 Å². The fraction of sp³-hybridized carbons (Fsp3) is 0.163. The molecule has 5 heteroatoms. The van der Waals surface area contributed by atoms with Crippen molar-refractivity contribution < 1.29 is 0 Å². The van der Waals surface area contributed by atoms with Gasteiger partial charge in [0.05, 0.1) is 11.5 Å². The topological polar surface area (TPSA) is 30.7 Å². The Bertz CT molecular complexity index is 1970. The number of allylic oxidation sites excluding steroid dienone is 4. The summed E-state index contributed by atoms with van der Waals surface area (Å²) in [5, 5.41) is 15.5. The molecule has 1 aliphatic rings. The Labute approximate surface area is 287 Å². The highest BCUT2D eigenvalue weighted by Crippen LogP contribution is 2.48. The summed E-state index contributed by atoms with van der Waals surface area (Å²) in [5.74, 6) is 0. The average molecular weight is 662 g/mol. The smallest absolute Gasteiger partial charge is 0.121 e. The van der Waals surface area contributed by atoms with Gasteiger partial charge in [-0.25, -0.2) is 4.68 Å². The first-order valence-electron chi connectivity index (χ1n) is 16.6. The second kappa shape index (κ2) is 14.0. The molecule has 0 bridgehead atoms. The summed E-state index contributed by atoms with van der Waals surface area (Å²) < 4.78 is 2.26. The predicted molar refractivity (Wildman–Crippen MR) is 208 cm³/mol. The van der Waals surface area contributed by atoms with Gasteiger partial charge < -0.3 is 0 Å². The molecular weight excluding hydrogens is 620 g/mol. The third-order valence-corrected chi connectivity index (χ3v) is 14.2. The van der Waals surface area contributed by atoms with E-state index in [0.29, 0.717) is 0 Å². The molecule has 1 unspecified atom stereocenters. The Morgan fingerprint density at radius 1 is 0.604 bits per heavy atom. The molecule has 5 aromatic carbocycles. The number of aromatic nitrogens is 3. The summed E-state index contributed by atoms with van der Waals surface area (Å²) in [4.78, 5) is 0. The summed E-state index contributed by atoms with van der Waals surface area (Å²) >= 11 is 0. The SMILES string of the molecule is Cc1cc(C)cc(P(c2cc(C)cc(C)c2)c2c(-c3ccccc3)nnn2C2C=CC=C2[C@@H](C)P(c2ccccc2)c2ccccc2)c1. The van der Waals surface area contributed by atoms with Crippen molar-refractivity contribution in [3.63, 3.8) is 0 Å². The van der Waals surface area contributed by atoms with Crippen molar-refractivity contribution in [1.29, 1.82) is 0 Å². The first-order valence-corrected chi connectivity index (χ1v) is 19.4. The molecule has 48 heavy (non-hydrogen) atoms. The van der Waals surface area contributed by atoms with Crippen LogP contribution in [0, 0.1) is 27.7 Å². The Morgan fingerprint density at radius 2 is 1.08 bits per heavy atom. The van der Waals surface area contributed by atoms with Gasteiger partial charge in [0.2, 0.25) is 0 Å². The second-order valence-corrected chi connectivity index (χ2v) is 17.5. The molecule has 7 rings (SSSR count). The number of aryl methyl sites for hydroxylation is 4. The normalized spacial score (nSPS) is 14.9. The van der Waals surface area contributed by atoms with Crippen LogP contribution in [0.1, 0.15) is 35.2 Å². The maximum absolute atomic E-state index is 5.07. The summed E-state index contributed by atoms with van der Waals surface area (Å²) in [6.07, 6.45) is 6.88. The first-order chi connectivity index (χ1) is 23.4. The third kappa shape index (κ3) is 6.51. The minimum absolute atomic E-state index is 0.0424. The van der Waals surface area contributed by atoms with E-state index in [9.17, 15) is 0 Å². The molecule has 6 aromatic rings. The van der Waals surface area contributed by atoms with Gasteiger partial charge in [-0.15, -0.1) is 5.10 Å². The van der Waals surface area contributed by atoms with Crippen molar-refractivity contribution in [2.45, 2.75) is 46.3 Å². The molecule has 0 saturated carbocycles. The molecule has 0 saturated heterocycles. The summed E-state index contributed by atoms with van der Waals surface area (Å²) in [6, 6.07) is 46.7. The molecule has 238 valence electrons. The van der Waals surface area contributed by atoms with Gasteiger partial charge in [0.25, 0.3) is 0 Å². The van der Waals surface area contributed by atoms with E-state index in [0.717, 1.165) is 11.3 Å². The molecule has 0 fully saturated rings. The van der Waals surface area contributed by atoms with E-state index in [2.05, 4.69) is 185 Å². The van der Waals surface area contributed by atoms with Gasteiger partial charge in [-0.1, -0.05) is 180 Å². The zero-order chi connectivity index (χ0) is 33.2. The first kappa shape index (κ1) is 32.1. The molecule has 2 atom stereocenters. The monoisotopic (exact) mass is 661 g/mol. The fourth-order valence-corrected chi connectivity index (χ4v) is 12.6. The van der Waals surface area contributed by atoms with Crippen LogP contribution in [0.2, 0.25) is 0 Å². The largest absolute Gasteiger partial charge is 0.233 e. The van der Waals surface area contributed by atoms with E-state index in [1.165, 1.54) is 54.5 Å². The van der Waals surface area contributed by atoms with Crippen LogP contribution in [0.5, 0.6) is 0 Å². The minimum atomic E-state index is -1.01. The molecule has 1 aromatic heterocycles. The Balaban J connectivity index is 1.43. The third-order valence-electron chi connectivity index (χ3n) is 8.98. The minimum Gasteiger partial charge on any atom is -0.233 e. The van der Waals surface area contributed by atoms with Crippen molar-refractivity contribution in [1.82, 2.24) is 15.0 Å². The fourth-order valence-electron chi connectivity index (χ4n) is 7.03. The number of rotatable bonds is 9. The van der Waals surface area contributed by atoms with Crippen molar-refractivity contribution in [3.8, 4) is 11.3 Å². The lowest BCUT2D eigenvalue weighted by molar-refractivity contribution is 0.586. The lowest BCUT2D eigenvalue weighted by Crippen LogP contribution is -2.32.